The molecule has 0 aromatic rings. The number of aliphatic imine (C=N–C) groups is 1. The summed E-state index contributed by atoms with van der Waals surface area (Å²) in [7, 11) is 1.47. The van der Waals surface area contributed by atoms with Crippen LogP contribution in [0.3, 0.4) is 0 Å². The predicted molar refractivity (Wildman–Crippen MR) is 82.6 cm³/mol. The van der Waals surface area contributed by atoms with Gasteiger partial charge < -0.3 is 32.8 Å². The fourth-order valence-corrected chi connectivity index (χ4v) is 1.23. The summed E-state index contributed by atoms with van der Waals surface area (Å²) in [6, 6.07) is -0.385. The molecule has 0 saturated heterocycles. The van der Waals surface area contributed by atoms with E-state index in [4.69, 9.17) is 28.0 Å². The second-order valence-electron chi connectivity index (χ2n) is 4.50. The van der Waals surface area contributed by atoms with Gasteiger partial charge in [0.05, 0.1) is 12.2 Å². The van der Waals surface area contributed by atoms with E-state index in [0.29, 0.717) is 19.4 Å². The molecule has 9 nitrogen and oxygen atoms in total. The molecule has 9 heteroatoms. The molecule has 124 valence electrons. The van der Waals surface area contributed by atoms with Gasteiger partial charge >= 0.3 is 6.09 Å². The summed E-state index contributed by atoms with van der Waals surface area (Å²) < 4.78 is 0. The van der Waals surface area contributed by atoms with Gasteiger partial charge in [-0.2, -0.15) is 0 Å². The Hall–Kier alpha value is -1.87. The van der Waals surface area contributed by atoms with Crippen LogP contribution in [0.4, 0.5) is 4.79 Å². The zero-order valence-corrected chi connectivity index (χ0v) is 12.7. The topological polar surface area (TPSA) is 174 Å². The highest BCUT2D eigenvalue weighted by atomic mass is 16.4. The van der Waals surface area contributed by atoms with Gasteiger partial charge in [0.2, 0.25) is 0 Å². The lowest BCUT2D eigenvalue weighted by Gasteiger charge is -2.20. The van der Waals surface area contributed by atoms with Crippen molar-refractivity contribution in [2.45, 2.75) is 44.8 Å². The molecule has 0 fully saturated rings. The third-order valence-electron chi connectivity index (χ3n) is 2.55. The first-order valence-corrected chi connectivity index (χ1v) is 6.73. The van der Waals surface area contributed by atoms with Gasteiger partial charge in [-0.05, 0) is 19.3 Å². The lowest BCUT2D eigenvalue weighted by atomic mass is 10.2. The molecule has 2 atom stereocenters. The Morgan fingerprint density at radius 3 is 2.29 bits per heavy atom. The Labute approximate surface area is 125 Å². The summed E-state index contributed by atoms with van der Waals surface area (Å²) in [6.07, 6.45) is 2.36. The average Bonchev–Trinajstić information content (AvgIpc) is 2.43. The van der Waals surface area contributed by atoms with Crippen LogP contribution in [0.5, 0.6) is 0 Å². The Morgan fingerprint density at radius 1 is 1.33 bits per heavy atom. The molecule has 0 aliphatic rings. The van der Waals surface area contributed by atoms with Gasteiger partial charge in [-0.3, -0.25) is 9.89 Å². The summed E-state index contributed by atoms with van der Waals surface area (Å²) in [5.74, 6) is 0.0738. The van der Waals surface area contributed by atoms with Crippen LogP contribution < -0.4 is 22.9 Å². The maximum atomic E-state index is 10.3. The van der Waals surface area contributed by atoms with E-state index in [2.05, 4.69) is 4.99 Å². The number of carbonyl (C=O) groups excluding carboxylic acids is 1. The van der Waals surface area contributed by atoms with Crippen molar-refractivity contribution in [3.8, 4) is 0 Å². The number of amides is 1. The van der Waals surface area contributed by atoms with Crippen molar-refractivity contribution in [2.24, 2.45) is 27.9 Å². The summed E-state index contributed by atoms with van der Waals surface area (Å²) in [6.45, 7) is 2.50. The molecule has 21 heavy (non-hydrogen) atoms. The molecular formula is C12H28N6O3. The number of guanidine groups is 1. The highest BCUT2D eigenvalue weighted by Crippen LogP contribution is 1.97. The third kappa shape index (κ3) is 14.4. The largest absolute Gasteiger partial charge is 0.465 e. The number of aldehydes is 1. The molecule has 0 radical (unpaired) electrons. The second kappa shape index (κ2) is 13.1. The van der Waals surface area contributed by atoms with E-state index < -0.39 is 6.09 Å². The molecule has 0 aromatic carbocycles. The Balaban J connectivity index is 0. The average molecular weight is 304 g/mol. The highest BCUT2D eigenvalue weighted by molar-refractivity contribution is 5.75. The molecule has 0 rings (SSSR count). The first-order valence-electron chi connectivity index (χ1n) is 6.73. The van der Waals surface area contributed by atoms with Gasteiger partial charge in [0, 0.05) is 13.6 Å². The third-order valence-corrected chi connectivity index (χ3v) is 2.55. The molecule has 0 aromatic heterocycles. The van der Waals surface area contributed by atoms with Crippen LogP contribution in [0.25, 0.3) is 0 Å². The summed E-state index contributed by atoms with van der Waals surface area (Å²) in [5.41, 5.74) is 20.9. The van der Waals surface area contributed by atoms with Crippen LogP contribution in [-0.2, 0) is 4.79 Å². The second-order valence-corrected chi connectivity index (χ2v) is 4.50. The van der Waals surface area contributed by atoms with Crippen LogP contribution in [0.1, 0.15) is 32.6 Å². The molecule has 9 N–H and O–H groups in total. The maximum absolute atomic E-state index is 10.3. The molecular weight excluding hydrogens is 276 g/mol. The minimum absolute atomic E-state index is 0.0738. The number of rotatable bonds is 8. The van der Waals surface area contributed by atoms with E-state index in [1.807, 2.05) is 6.92 Å². The highest BCUT2D eigenvalue weighted by Gasteiger charge is 2.12. The van der Waals surface area contributed by atoms with E-state index in [1.165, 1.54) is 7.05 Å². The van der Waals surface area contributed by atoms with Crippen molar-refractivity contribution in [1.29, 1.82) is 0 Å². The van der Waals surface area contributed by atoms with E-state index in [0.717, 1.165) is 24.0 Å². The molecule has 0 spiro atoms. The first-order chi connectivity index (χ1) is 9.76. The van der Waals surface area contributed by atoms with E-state index >= 15 is 0 Å². The van der Waals surface area contributed by atoms with E-state index in [-0.39, 0.29) is 18.2 Å². The molecule has 2 unspecified atom stereocenters. The minimum Gasteiger partial charge on any atom is -0.465 e. The van der Waals surface area contributed by atoms with Gasteiger partial charge in [-0.1, -0.05) is 13.3 Å². The lowest BCUT2D eigenvalue weighted by Crippen LogP contribution is -2.42. The van der Waals surface area contributed by atoms with Crippen molar-refractivity contribution in [3.63, 3.8) is 0 Å². The first kappa shape index (κ1) is 21.4. The SMILES string of the molecule is CCCC(N)N(C)C(=O)O.NC(N)=NCCCC(N)C=O. The van der Waals surface area contributed by atoms with Crippen molar-refractivity contribution in [1.82, 2.24) is 4.90 Å². The number of hydrogen-bond acceptors (Lipinski definition) is 5. The number of nitrogens with zero attached hydrogens (tertiary/aromatic N) is 2. The van der Waals surface area contributed by atoms with Gasteiger partial charge in [0.1, 0.15) is 6.29 Å². The van der Waals surface area contributed by atoms with Gasteiger partial charge in [0.15, 0.2) is 5.96 Å². The van der Waals surface area contributed by atoms with Crippen LogP contribution >= 0.6 is 0 Å². The van der Waals surface area contributed by atoms with Gasteiger partial charge in [-0.25, -0.2) is 4.79 Å². The van der Waals surface area contributed by atoms with E-state index in [1.54, 1.807) is 0 Å². The number of carboxylic acid groups (broad SMARTS) is 1. The molecule has 1 amide bonds. The lowest BCUT2D eigenvalue weighted by molar-refractivity contribution is -0.109. The predicted octanol–water partition coefficient (Wildman–Crippen LogP) is -0.753. The Kier molecular flexibility index (Phi) is 13.4. The van der Waals surface area contributed by atoms with Crippen molar-refractivity contribution >= 4 is 18.3 Å². The summed E-state index contributed by atoms with van der Waals surface area (Å²) in [5, 5.41) is 8.42. The summed E-state index contributed by atoms with van der Waals surface area (Å²) in [4.78, 5) is 25.1. The van der Waals surface area contributed by atoms with Crippen molar-refractivity contribution in [2.75, 3.05) is 13.6 Å². The monoisotopic (exact) mass is 304 g/mol. The molecule has 0 heterocycles. The number of nitrogens with two attached hydrogens (primary N) is 4. The van der Waals surface area contributed by atoms with Crippen molar-refractivity contribution < 1.29 is 14.7 Å². The Bertz CT molecular complexity index is 320. The molecule has 0 bridgehead atoms. The van der Waals surface area contributed by atoms with Crippen LogP contribution in [0.2, 0.25) is 0 Å². The van der Waals surface area contributed by atoms with Gasteiger partial charge in [0.25, 0.3) is 0 Å². The molecule has 0 aliphatic carbocycles. The smallest absolute Gasteiger partial charge is 0.408 e. The van der Waals surface area contributed by atoms with E-state index in [9.17, 15) is 9.59 Å². The minimum atomic E-state index is -0.971. The van der Waals surface area contributed by atoms with Crippen molar-refractivity contribution in [3.05, 3.63) is 0 Å². The normalized spacial score (nSPS) is 12.4. The quantitative estimate of drug-likeness (QED) is 0.129. The zero-order valence-electron chi connectivity index (χ0n) is 12.7. The van der Waals surface area contributed by atoms with Crippen LogP contribution in [0.15, 0.2) is 4.99 Å². The maximum Gasteiger partial charge on any atom is 0.408 e. The molecule has 0 aliphatic heterocycles. The van der Waals surface area contributed by atoms with Crippen LogP contribution in [0, 0.1) is 0 Å². The standard InChI is InChI=1S/C6H14N4O.C6H14N2O2/c7-5(4-11)2-1-3-10-6(8)9;1-3-4-5(7)8(2)6(9)10/h4-5H,1-3,7H2,(H4,8,9,10);5H,3-4,7H2,1-2H3,(H,9,10). The Morgan fingerprint density at radius 2 is 1.90 bits per heavy atom. The fourth-order valence-electron chi connectivity index (χ4n) is 1.23. The number of hydrogen-bond donors (Lipinski definition) is 5. The van der Waals surface area contributed by atoms with Crippen LogP contribution in [-0.4, -0.2) is 54.1 Å². The number of carbonyl (C=O) groups is 2. The summed E-state index contributed by atoms with van der Waals surface area (Å²) >= 11 is 0. The molecule has 0 saturated carbocycles. The van der Waals surface area contributed by atoms with Gasteiger partial charge in [-0.15, -0.1) is 0 Å². The zero-order chi connectivity index (χ0) is 16.8. The fraction of sp³-hybridized carbons (Fsp3) is 0.750.